The summed E-state index contributed by atoms with van der Waals surface area (Å²) in [6.07, 6.45) is 0.669. The topological polar surface area (TPSA) is 65.4 Å². The van der Waals surface area contributed by atoms with Gasteiger partial charge in [-0.1, -0.05) is 18.2 Å². The number of fused-ring (bicyclic) bond motifs is 1. The Morgan fingerprint density at radius 3 is 3.00 bits per heavy atom. The highest BCUT2D eigenvalue weighted by atomic mass is 32.1. The maximum Gasteiger partial charge on any atom is 0.214 e. The van der Waals surface area contributed by atoms with Gasteiger partial charge >= 0.3 is 0 Å². The highest BCUT2D eigenvalue weighted by Gasteiger charge is 2.08. The Bertz CT molecular complexity index is 704. The molecule has 0 aliphatic rings. The van der Waals surface area contributed by atoms with Crippen molar-refractivity contribution in [1.29, 1.82) is 0 Å². The number of ether oxygens (including phenoxy) is 1. The lowest BCUT2D eigenvalue weighted by Gasteiger charge is -2.06. The molecule has 0 atom stereocenters. The average Bonchev–Trinajstić information content (AvgIpc) is 2.95. The van der Waals surface area contributed by atoms with Crippen molar-refractivity contribution in [2.45, 2.75) is 13.3 Å². The van der Waals surface area contributed by atoms with Crippen molar-refractivity contribution < 1.29 is 4.74 Å². The van der Waals surface area contributed by atoms with Gasteiger partial charge in [-0.2, -0.15) is 4.52 Å². The second-order valence-electron chi connectivity index (χ2n) is 4.25. The minimum atomic E-state index is 0.558. The van der Waals surface area contributed by atoms with Crippen LogP contribution >= 0.6 is 11.3 Å². The van der Waals surface area contributed by atoms with Gasteiger partial charge in [-0.05, 0) is 18.6 Å². The molecular formula is C13H14N4OS. The second-order valence-corrected chi connectivity index (χ2v) is 5.08. The fourth-order valence-electron chi connectivity index (χ4n) is 1.82. The summed E-state index contributed by atoms with van der Waals surface area (Å²) in [6.45, 7) is 2.59. The Balaban J connectivity index is 1.65. The number of aryl methyl sites for hydroxylation is 1. The molecule has 6 heteroatoms. The molecule has 1 aromatic carbocycles. The number of hydrogen-bond donors (Lipinski definition) is 1. The molecule has 0 aliphatic heterocycles. The fourth-order valence-corrected chi connectivity index (χ4v) is 2.55. The first-order valence-corrected chi connectivity index (χ1v) is 6.89. The normalized spacial score (nSPS) is 11.0. The van der Waals surface area contributed by atoms with Crippen LogP contribution in [-0.2, 0) is 6.42 Å². The van der Waals surface area contributed by atoms with Gasteiger partial charge in [0.25, 0.3) is 0 Å². The summed E-state index contributed by atoms with van der Waals surface area (Å²) in [5, 5.41) is 6.17. The maximum absolute atomic E-state index is 5.77. The van der Waals surface area contributed by atoms with Gasteiger partial charge < -0.3 is 10.5 Å². The molecule has 5 nitrogen and oxygen atoms in total. The van der Waals surface area contributed by atoms with E-state index in [0.29, 0.717) is 18.8 Å². The molecule has 0 bridgehead atoms. The number of benzene rings is 1. The maximum atomic E-state index is 5.77. The summed E-state index contributed by atoms with van der Waals surface area (Å²) in [5.41, 5.74) is 6.90. The van der Waals surface area contributed by atoms with E-state index in [9.17, 15) is 0 Å². The number of hydrogen-bond acceptors (Lipinski definition) is 5. The van der Waals surface area contributed by atoms with Crippen LogP contribution in [0.15, 0.2) is 29.6 Å². The number of nitrogens with zero attached hydrogens (tertiary/aromatic N) is 3. The summed E-state index contributed by atoms with van der Waals surface area (Å²) >= 11 is 1.49. The van der Waals surface area contributed by atoms with Crippen LogP contribution in [0, 0.1) is 6.92 Å². The lowest BCUT2D eigenvalue weighted by atomic mass is 10.2. The van der Waals surface area contributed by atoms with Crippen molar-refractivity contribution in [3.8, 4) is 5.75 Å². The molecule has 0 fully saturated rings. The summed E-state index contributed by atoms with van der Waals surface area (Å²) in [5.74, 6) is 2.29. The lowest BCUT2D eigenvalue weighted by Crippen LogP contribution is -2.04. The number of aromatic nitrogens is 3. The first-order valence-electron chi connectivity index (χ1n) is 6.01. The van der Waals surface area contributed by atoms with Crippen molar-refractivity contribution in [2.75, 3.05) is 12.3 Å². The molecule has 0 unspecified atom stereocenters. The Morgan fingerprint density at radius 2 is 2.21 bits per heavy atom. The molecule has 2 N–H and O–H groups in total. The van der Waals surface area contributed by atoms with E-state index in [2.05, 4.69) is 10.1 Å². The van der Waals surface area contributed by atoms with E-state index in [1.165, 1.54) is 11.3 Å². The summed E-state index contributed by atoms with van der Waals surface area (Å²) in [4.78, 5) is 5.22. The van der Waals surface area contributed by atoms with Crippen molar-refractivity contribution in [2.24, 2.45) is 0 Å². The molecule has 0 radical (unpaired) electrons. The van der Waals surface area contributed by atoms with Crippen LogP contribution in [-0.4, -0.2) is 21.2 Å². The molecule has 2 aromatic heterocycles. The average molecular weight is 274 g/mol. The molecule has 0 amide bonds. The zero-order chi connectivity index (χ0) is 13.2. The molecule has 3 rings (SSSR count). The van der Waals surface area contributed by atoms with Crippen molar-refractivity contribution in [3.05, 3.63) is 41.0 Å². The van der Waals surface area contributed by atoms with Gasteiger partial charge in [0, 0.05) is 11.8 Å². The number of para-hydroxylation sites is 1. The van der Waals surface area contributed by atoms with E-state index < -0.39 is 0 Å². The zero-order valence-corrected chi connectivity index (χ0v) is 11.4. The van der Waals surface area contributed by atoms with E-state index in [1.54, 1.807) is 4.52 Å². The monoisotopic (exact) mass is 274 g/mol. The van der Waals surface area contributed by atoms with Crippen LogP contribution in [0.5, 0.6) is 5.75 Å². The molecule has 98 valence electrons. The highest BCUT2D eigenvalue weighted by molar-refractivity contribution is 7.15. The lowest BCUT2D eigenvalue weighted by molar-refractivity contribution is 0.317. The number of anilines is 1. The predicted molar refractivity (Wildman–Crippen MR) is 75.7 cm³/mol. The van der Waals surface area contributed by atoms with Crippen LogP contribution < -0.4 is 10.5 Å². The molecule has 0 aliphatic carbocycles. The second kappa shape index (κ2) is 4.89. The Morgan fingerprint density at radius 1 is 1.37 bits per heavy atom. The first-order chi connectivity index (χ1) is 9.24. The predicted octanol–water partition coefficient (Wildman–Crippen LogP) is 2.30. The van der Waals surface area contributed by atoms with Gasteiger partial charge in [-0.3, -0.25) is 0 Å². The number of thiazole rings is 1. The Labute approximate surface area is 114 Å². The third-order valence-electron chi connectivity index (χ3n) is 2.83. The van der Waals surface area contributed by atoms with Crippen LogP contribution in [0.1, 0.15) is 11.4 Å². The molecule has 19 heavy (non-hydrogen) atoms. The van der Waals surface area contributed by atoms with Gasteiger partial charge in [0.05, 0.1) is 6.61 Å². The number of nitrogen functional groups attached to an aromatic ring is 1. The summed E-state index contributed by atoms with van der Waals surface area (Å²) in [7, 11) is 0. The van der Waals surface area contributed by atoms with Crippen LogP contribution in [0.2, 0.25) is 0 Å². The van der Waals surface area contributed by atoms with Crippen molar-refractivity contribution >= 4 is 22.1 Å². The summed E-state index contributed by atoms with van der Waals surface area (Å²) < 4.78 is 7.39. The molecule has 3 aromatic rings. The largest absolute Gasteiger partial charge is 0.493 e. The third-order valence-corrected chi connectivity index (χ3v) is 3.66. The number of nitrogens with two attached hydrogens (primary N) is 1. The zero-order valence-electron chi connectivity index (χ0n) is 10.5. The fraction of sp³-hybridized carbons (Fsp3) is 0.231. The molecule has 0 spiro atoms. The van der Waals surface area contributed by atoms with E-state index in [-0.39, 0.29) is 0 Å². The third kappa shape index (κ3) is 2.39. The minimum absolute atomic E-state index is 0.558. The van der Waals surface area contributed by atoms with Crippen LogP contribution in [0.4, 0.5) is 5.82 Å². The van der Waals surface area contributed by atoms with E-state index in [0.717, 1.165) is 22.1 Å². The molecular weight excluding hydrogens is 260 g/mol. The summed E-state index contributed by atoms with van der Waals surface area (Å²) in [6, 6.07) is 7.96. The van der Waals surface area contributed by atoms with E-state index in [1.807, 2.05) is 36.6 Å². The smallest absolute Gasteiger partial charge is 0.214 e. The van der Waals surface area contributed by atoms with Crippen molar-refractivity contribution in [1.82, 2.24) is 14.6 Å². The molecule has 0 saturated carbocycles. The quantitative estimate of drug-likeness (QED) is 0.793. The highest BCUT2D eigenvalue weighted by Crippen LogP contribution is 2.17. The van der Waals surface area contributed by atoms with E-state index in [4.69, 9.17) is 10.5 Å². The SMILES string of the molecule is Cc1ccccc1OCCc1nc2scc(N)n2n1. The molecule has 2 heterocycles. The van der Waals surface area contributed by atoms with Gasteiger partial charge in [0.1, 0.15) is 11.6 Å². The Hall–Kier alpha value is -2.08. The minimum Gasteiger partial charge on any atom is -0.493 e. The van der Waals surface area contributed by atoms with Crippen molar-refractivity contribution in [3.63, 3.8) is 0 Å². The van der Waals surface area contributed by atoms with Gasteiger partial charge in [0.15, 0.2) is 5.82 Å². The molecule has 0 saturated heterocycles. The van der Waals surface area contributed by atoms with Gasteiger partial charge in [-0.25, -0.2) is 4.98 Å². The first kappa shape index (κ1) is 12.0. The van der Waals surface area contributed by atoms with Gasteiger partial charge in [-0.15, -0.1) is 16.4 Å². The number of rotatable bonds is 4. The van der Waals surface area contributed by atoms with Crippen LogP contribution in [0.25, 0.3) is 4.96 Å². The standard InChI is InChI=1S/C13H14N4OS/c1-9-4-2-3-5-10(9)18-7-6-12-15-13-17(16-12)11(14)8-19-13/h2-5,8H,6-7,14H2,1H3. The van der Waals surface area contributed by atoms with E-state index >= 15 is 0 Å². The van der Waals surface area contributed by atoms with Crippen LogP contribution in [0.3, 0.4) is 0 Å². The van der Waals surface area contributed by atoms with Gasteiger partial charge in [0.2, 0.25) is 4.96 Å². The Kier molecular flexibility index (Phi) is 3.08.